The largest absolute Gasteiger partial charge is 0.444 e. The number of carbonyl (C=O) groups is 3. The number of thiol groups is 1. The molecule has 0 saturated heterocycles. The van der Waals surface area contributed by atoms with Crippen molar-refractivity contribution in [2.24, 2.45) is 5.92 Å². The topological polar surface area (TPSA) is 87.7 Å². The number of amides is 3. The van der Waals surface area contributed by atoms with E-state index in [0.29, 0.717) is 6.54 Å². The fourth-order valence-electron chi connectivity index (χ4n) is 4.42. The average molecular weight is 526 g/mol. The lowest BCUT2D eigenvalue weighted by molar-refractivity contribution is -0.143. The summed E-state index contributed by atoms with van der Waals surface area (Å²) in [7, 11) is 0. The van der Waals surface area contributed by atoms with Crippen LogP contribution in [0.3, 0.4) is 0 Å². The molecule has 0 aliphatic heterocycles. The van der Waals surface area contributed by atoms with E-state index in [1.807, 2.05) is 62.4 Å². The van der Waals surface area contributed by atoms with Gasteiger partial charge in [-0.25, -0.2) is 4.79 Å². The van der Waals surface area contributed by atoms with E-state index >= 15 is 0 Å². The van der Waals surface area contributed by atoms with Crippen molar-refractivity contribution >= 4 is 30.5 Å². The van der Waals surface area contributed by atoms with Crippen molar-refractivity contribution < 1.29 is 19.1 Å². The summed E-state index contributed by atoms with van der Waals surface area (Å²) >= 11 is 4.36. The normalized spacial score (nSPS) is 18.4. The standard InChI is InChI=1S/C29H39N3O4S/c1-18-12-13-22(19(2)14-18)25(26(33)30-16-21-10-8-7-9-11-21)32(24-15-20(24)3)27(34)23(17-37)31-28(35)36-29(4,5)6/h7-14,20,23-25,37H,15-17H2,1-6H3,(H,30,33)(H,31,35). The molecule has 4 unspecified atom stereocenters. The quantitative estimate of drug-likeness (QED) is 0.414. The Morgan fingerprint density at radius 3 is 2.30 bits per heavy atom. The fraction of sp³-hybridized carbons (Fsp3) is 0.483. The van der Waals surface area contributed by atoms with Crippen molar-refractivity contribution in [3.63, 3.8) is 0 Å². The third-order valence-corrected chi connectivity index (χ3v) is 6.77. The van der Waals surface area contributed by atoms with Gasteiger partial charge in [0.1, 0.15) is 17.7 Å². The Morgan fingerprint density at radius 2 is 1.76 bits per heavy atom. The molecule has 0 aromatic heterocycles. The van der Waals surface area contributed by atoms with Crippen LogP contribution in [0.4, 0.5) is 4.79 Å². The van der Waals surface area contributed by atoms with E-state index in [0.717, 1.165) is 28.7 Å². The molecule has 0 bridgehead atoms. The van der Waals surface area contributed by atoms with Crippen LogP contribution in [-0.4, -0.2) is 46.2 Å². The van der Waals surface area contributed by atoms with Gasteiger partial charge in [0.2, 0.25) is 11.8 Å². The highest BCUT2D eigenvalue weighted by atomic mass is 32.1. The SMILES string of the molecule is Cc1ccc(C(C(=O)NCc2ccccc2)N(C(=O)C(CS)NC(=O)OC(C)(C)C)C2CC2C)c(C)c1. The molecule has 200 valence electrons. The van der Waals surface area contributed by atoms with Gasteiger partial charge in [-0.3, -0.25) is 9.59 Å². The van der Waals surface area contributed by atoms with E-state index in [-0.39, 0.29) is 29.5 Å². The number of benzene rings is 2. The van der Waals surface area contributed by atoms with Crippen molar-refractivity contribution in [2.75, 3.05) is 5.75 Å². The first-order chi connectivity index (χ1) is 17.4. The highest BCUT2D eigenvalue weighted by Crippen LogP contribution is 2.41. The van der Waals surface area contributed by atoms with Gasteiger partial charge in [-0.15, -0.1) is 0 Å². The van der Waals surface area contributed by atoms with Crippen LogP contribution in [0.25, 0.3) is 0 Å². The van der Waals surface area contributed by atoms with Gasteiger partial charge >= 0.3 is 6.09 Å². The first kappa shape index (κ1) is 28.6. The monoisotopic (exact) mass is 525 g/mol. The lowest BCUT2D eigenvalue weighted by Gasteiger charge is -2.35. The van der Waals surface area contributed by atoms with Crippen LogP contribution in [0.1, 0.15) is 62.4 Å². The number of ether oxygens (including phenoxy) is 1. The maximum atomic E-state index is 14.0. The van der Waals surface area contributed by atoms with Gasteiger partial charge in [0.05, 0.1) is 0 Å². The maximum absolute atomic E-state index is 14.0. The van der Waals surface area contributed by atoms with E-state index in [4.69, 9.17) is 4.74 Å². The fourth-order valence-corrected chi connectivity index (χ4v) is 4.67. The van der Waals surface area contributed by atoms with Crippen LogP contribution in [0.5, 0.6) is 0 Å². The summed E-state index contributed by atoms with van der Waals surface area (Å²) in [6, 6.07) is 13.6. The number of hydrogen-bond donors (Lipinski definition) is 3. The van der Waals surface area contributed by atoms with Gasteiger partial charge in [0.25, 0.3) is 0 Å². The zero-order valence-corrected chi connectivity index (χ0v) is 23.5. The maximum Gasteiger partial charge on any atom is 0.408 e. The predicted molar refractivity (Wildman–Crippen MR) is 148 cm³/mol. The van der Waals surface area contributed by atoms with Crippen molar-refractivity contribution in [3.8, 4) is 0 Å². The van der Waals surface area contributed by atoms with E-state index in [2.05, 4.69) is 30.2 Å². The smallest absolute Gasteiger partial charge is 0.408 e. The van der Waals surface area contributed by atoms with Gasteiger partial charge in [-0.1, -0.05) is 61.0 Å². The predicted octanol–water partition coefficient (Wildman–Crippen LogP) is 4.72. The molecule has 2 aromatic rings. The van der Waals surface area contributed by atoms with Gasteiger partial charge in [0, 0.05) is 18.3 Å². The average Bonchev–Trinajstić information content (AvgIpc) is 3.54. The Labute approximate surface area is 225 Å². The molecule has 37 heavy (non-hydrogen) atoms. The Bertz CT molecular complexity index is 1120. The van der Waals surface area contributed by atoms with Gasteiger partial charge < -0.3 is 20.3 Å². The number of nitrogens with one attached hydrogen (secondary N) is 2. The molecular formula is C29H39N3O4S. The minimum atomic E-state index is -0.943. The van der Waals surface area contributed by atoms with Crippen LogP contribution >= 0.6 is 12.6 Å². The number of aryl methyl sites for hydroxylation is 2. The zero-order valence-electron chi connectivity index (χ0n) is 22.6. The first-order valence-corrected chi connectivity index (χ1v) is 13.4. The lowest BCUT2D eigenvalue weighted by Crippen LogP contribution is -2.54. The molecule has 2 aromatic carbocycles. The summed E-state index contributed by atoms with van der Waals surface area (Å²) in [5, 5.41) is 5.70. The van der Waals surface area contributed by atoms with Crippen LogP contribution in [0, 0.1) is 19.8 Å². The summed E-state index contributed by atoms with van der Waals surface area (Å²) in [4.78, 5) is 42.0. The molecule has 1 aliphatic rings. The van der Waals surface area contributed by atoms with Gasteiger partial charge in [-0.05, 0) is 63.6 Å². The molecule has 1 aliphatic carbocycles. The van der Waals surface area contributed by atoms with Gasteiger partial charge in [0.15, 0.2) is 0 Å². The molecule has 4 atom stereocenters. The Kier molecular flexibility index (Phi) is 9.29. The first-order valence-electron chi connectivity index (χ1n) is 12.7. The zero-order chi connectivity index (χ0) is 27.3. The molecule has 0 heterocycles. The van der Waals surface area contributed by atoms with Crippen LogP contribution in [-0.2, 0) is 20.9 Å². The van der Waals surface area contributed by atoms with Crippen molar-refractivity contribution in [2.45, 2.75) is 78.2 Å². The minimum absolute atomic E-state index is 0.0703. The molecule has 2 N–H and O–H groups in total. The van der Waals surface area contributed by atoms with Crippen LogP contribution < -0.4 is 10.6 Å². The molecular weight excluding hydrogens is 486 g/mol. The number of rotatable bonds is 9. The van der Waals surface area contributed by atoms with E-state index < -0.39 is 23.8 Å². The third kappa shape index (κ3) is 7.74. The Morgan fingerprint density at radius 1 is 1.11 bits per heavy atom. The van der Waals surface area contributed by atoms with Crippen LogP contribution in [0.15, 0.2) is 48.5 Å². The second kappa shape index (κ2) is 12.0. The second-order valence-corrected chi connectivity index (χ2v) is 11.2. The second-order valence-electron chi connectivity index (χ2n) is 10.9. The molecule has 0 spiro atoms. The number of alkyl carbamates (subject to hydrolysis) is 1. The number of carbonyl (C=O) groups excluding carboxylic acids is 3. The van der Waals surface area contributed by atoms with Crippen LogP contribution in [0.2, 0.25) is 0 Å². The molecule has 0 radical (unpaired) electrons. The Hall–Kier alpha value is -3.00. The molecule has 3 amide bonds. The molecule has 8 heteroatoms. The van der Waals surface area contributed by atoms with Crippen molar-refractivity contribution in [3.05, 3.63) is 70.8 Å². The third-order valence-electron chi connectivity index (χ3n) is 6.41. The van der Waals surface area contributed by atoms with Crippen molar-refractivity contribution in [1.82, 2.24) is 15.5 Å². The molecule has 3 rings (SSSR count). The highest BCUT2D eigenvalue weighted by molar-refractivity contribution is 7.80. The summed E-state index contributed by atoms with van der Waals surface area (Å²) in [5.41, 5.74) is 3.01. The van der Waals surface area contributed by atoms with E-state index in [9.17, 15) is 14.4 Å². The summed E-state index contributed by atoms with van der Waals surface area (Å²) < 4.78 is 5.38. The lowest BCUT2D eigenvalue weighted by atomic mass is 9.96. The molecule has 1 fully saturated rings. The highest BCUT2D eigenvalue weighted by Gasteiger charge is 2.48. The molecule has 7 nitrogen and oxygen atoms in total. The Balaban J connectivity index is 1.96. The van der Waals surface area contributed by atoms with E-state index in [1.54, 1.807) is 25.7 Å². The summed E-state index contributed by atoms with van der Waals surface area (Å²) in [6.45, 7) is 11.6. The number of hydrogen-bond acceptors (Lipinski definition) is 5. The molecule has 1 saturated carbocycles. The summed E-state index contributed by atoms with van der Waals surface area (Å²) in [6.07, 6.45) is 0.0884. The van der Waals surface area contributed by atoms with E-state index in [1.165, 1.54) is 0 Å². The summed E-state index contributed by atoms with van der Waals surface area (Å²) in [5.74, 6) is -0.310. The van der Waals surface area contributed by atoms with Gasteiger partial charge in [-0.2, -0.15) is 12.6 Å². The van der Waals surface area contributed by atoms with Crippen molar-refractivity contribution in [1.29, 1.82) is 0 Å². The number of nitrogens with zero attached hydrogens (tertiary/aromatic N) is 1. The minimum Gasteiger partial charge on any atom is -0.444 e.